The van der Waals surface area contributed by atoms with Gasteiger partial charge in [-0.2, -0.15) is 0 Å². The summed E-state index contributed by atoms with van der Waals surface area (Å²) in [5.41, 5.74) is 4.15. The van der Waals surface area contributed by atoms with Gasteiger partial charge in [0.2, 0.25) is 0 Å². The van der Waals surface area contributed by atoms with Gasteiger partial charge in [0.05, 0.1) is 7.11 Å². The molecule has 136 valence electrons. The number of ether oxygens (including phenoxy) is 2. The highest BCUT2D eigenvalue weighted by atomic mass is 16.5. The van der Waals surface area contributed by atoms with Crippen LogP contribution in [0.3, 0.4) is 0 Å². The Morgan fingerprint density at radius 2 is 1.88 bits per heavy atom. The molecule has 1 fully saturated rings. The average Bonchev–Trinajstić information content (AvgIpc) is 3.51. The van der Waals surface area contributed by atoms with Gasteiger partial charge < -0.3 is 9.47 Å². The van der Waals surface area contributed by atoms with Crippen LogP contribution in [0, 0.1) is 5.92 Å². The molecule has 0 N–H and O–H groups in total. The number of carbonyl (C=O) groups excluding carboxylic acids is 1. The van der Waals surface area contributed by atoms with Gasteiger partial charge in [0.15, 0.2) is 0 Å². The zero-order valence-electron chi connectivity index (χ0n) is 15.7. The molecule has 2 aromatic carbocycles. The van der Waals surface area contributed by atoms with Gasteiger partial charge in [0, 0.05) is 11.6 Å². The minimum Gasteiger partial charge on any atom is -0.488 e. The Bertz CT molecular complexity index is 788. The van der Waals surface area contributed by atoms with Gasteiger partial charge in [0.25, 0.3) is 0 Å². The van der Waals surface area contributed by atoms with E-state index < -0.39 is 0 Å². The molecular weight excluding hydrogens is 324 g/mol. The Morgan fingerprint density at radius 3 is 2.54 bits per heavy atom. The molecule has 1 saturated carbocycles. The maximum absolute atomic E-state index is 11.7. The van der Waals surface area contributed by atoms with Crippen molar-refractivity contribution in [3.63, 3.8) is 0 Å². The highest BCUT2D eigenvalue weighted by molar-refractivity contribution is 5.91. The first-order valence-electron chi connectivity index (χ1n) is 9.16. The SMILES string of the molecule is COC(=O)/C=C(\C)c1cccc(C(C)C2CC2)c1OCc1ccccc1. The molecule has 0 aromatic heterocycles. The topological polar surface area (TPSA) is 35.5 Å². The van der Waals surface area contributed by atoms with Gasteiger partial charge in [-0.3, -0.25) is 0 Å². The van der Waals surface area contributed by atoms with Gasteiger partial charge in [-0.1, -0.05) is 55.5 Å². The Morgan fingerprint density at radius 1 is 1.15 bits per heavy atom. The van der Waals surface area contributed by atoms with Crippen molar-refractivity contribution in [1.82, 2.24) is 0 Å². The second-order valence-corrected chi connectivity index (χ2v) is 6.97. The van der Waals surface area contributed by atoms with Crippen molar-refractivity contribution in [2.75, 3.05) is 7.11 Å². The lowest BCUT2D eigenvalue weighted by molar-refractivity contribution is -0.134. The number of benzene rings is 2. The van der Waals surface area contributed by atoms with Crippen LogP contribution in [-0.4, -0.2) is 13.1 Å². The molecule has 0 amide bonds. The number of methoxy groups -OCH3 is 1. The van der Waals surface area contributed by atoms with Crippen LogP contribution < -0.4 is 4.74 Å². The van der Waals surface area contributed by atoms with Crippen LogP contribution in [0.25, 0.3) is 5.57 Å². The fraction of sp³-hybridized carbons (Fsp3) is 0.348. The van der Waals surface area contributed by atoms with Crippen molar-refractivity contribution in [3.05, 3.63) is 71.3 Å². The van der Waals surface area contributed by atoms with E-state index in [1.165, 1.54) is 31.6 Å². The number of rotatable bonds is 7. The smallest absolute Gasteiger partial charge is 0.330 e. The Balaban J connectivity index is 1.95. The number of carbonyl (C=O) groups is 1. The van der Waals surface area contributed by atoms with Crippen molar-refractivity contribution in [2.24, 2.45) is 5.92 Å². The van der Waals surface area contributed by atoms with E-state index in [9.17, 15) is 4.79 Å². The van der Waals surface area contributed by atoms with E-state index >= 15 is 0 Å². The molecule has 0 aliphatic heterocycles. The molecule has 0 heterocycles. The van der Waals surface area contributed by atoms with Gasteiger partial charge in [-0.05, 0) is 48.3 Å². The Hall–Kier alpha value is -2.55. The average molecular weight is 350 g/mol. The van der Waals surface area contributed by atoms with Gasteiger partial charge in [-0.15, -0.1) is 0 Å². The number of allylic oxidation sites excluding steroid dienone is 1. The molecule has 3 heteroatoms. The summed E-state index contributed by atoms with van der Waals surface area (Å²) >= 11 is 0. The van der Waals surface area contributed by atoms with Crippen molar-refractivity contribution in [3.8, 4) is 5.75 Å². The predicted molar refractivity (Wildman–Crippen MR) is 104 cm³/mol. The second kappa shape index (κ2) is 8.22. The molecule has 3 rings (SSSR count). The molecule has 0 spiro atoms. The summed E-state index contributed by atoms with van der Waals surface area (Å²) in [5, 5.41) is 0. The summed E-state index contributed by atoms with van der Waals surface area (Å²) < 4.78 is 11.1. The first-order chi connectivity index (χ1) is 12.6. The first kappa shape index (κ1) is 18.2. The summed E-state index contributed by atoms with van der Waals surface area (Å²) in [6.45, 7) is 4.70. The van der Waals surface area contributed by atoms with Crippen molar-refractivity contribution < 1.29 is 14.3 Å². The van der Waals surface area contributed by atoms with Crippen molar-refractivity contribution in [2.45, 2.75) is 39.2 Å². The minimum atomic E-state index is -0.350. The normalized spacial score (nSPS) is 15.4. The molecule has 3 nitrogen and oxygen atoms in total. The van der Waals surface area contributed by atoms with Crippen LogP contribution in [0.1, 0.15) is 49.3 Å². The Labute approximate surface area is 155 Å². The number of para-hydroxylation sites is 1. The summed E-state index contributed by atoms with van der Waals surface area (Å²) in [4.78, 5) is 11.7. The maximum Gasteiger partial charge on any atom is 0.330 e. The van der Waals surface area contributed by atoms with Gasteiger partial charge in [0.1, 0.15) is 12.4 Å². The standard InChI is InChI=1S/C23H26O3/c1-16(14-22(24)25-3)20-10-7-11-21(17(2)19-12-13-19)23(20)26-15-18-8-5-4-6-9-18/h4-11,14,17,19H,12-13,15H2,1-3H3/b16-14+. The lowest BCUT2D eigenvalue weighted by atomic mass is 9.91. The van der Waals surface area contributed by atoms with E-state index in [1.54, 1.807) is 0 Å². The fourth-order valence-electron chi connectivity index (χ4n) is 3.28. The quantitative estimate of drug-likeness (QED) is 0.498. The van der Waals surface area contributed by atoms with E-state index in [1.807, 2.05) is 37.3 Å². The van der Waals surface area contributed by atoms with Crippen LogP contribution >= 0.6 is 0 Å². The molecule has 1 atom stereocenters. The third-order valence-corrected chi connectivity index (χ3v) is 5.05. The van der Waals surface area contributed by atoms with Gasteiger partial charge in [-0.25, -0.2) is 4.79 Å². The minimum absolute atomic E-state index is 0.350. The van der Waals surface area contributed by atoms with E-state index in [0.717, 1.165) is 28.4 Å². The molecule has 26 heavy (non-hydrogen) atoms. The van der Waals surface area contributed by atoms with Crippen LogP contribution in [-0.2, 0) is 16.1 Å². The van der Waals surface area contributed by atoms with E-state index in [-0.39, 0.29) is 5.97 Å². The van der Waals surface area contributed by atoms with Crippen molar-refractivity contribution >= 4 is 11.5 Å². The lowest BCUT2D eigenvalue weighted by Crippen LogP contribution is -2.06. The molecule has 0 radical (unpaired) electrons. The van der Waals surface area contributed by atoms with Crippen LogP contribution in [0.2, 0.25) is 0 Å². The summed E-state index contributed by atoms with van der Waals surface area (Å²) in [5.74, 6) is 1.71. The number of hydrogen-bond donors (Lipinski definition) is 0. The predicted octanol–water partition coefficient (Wildman–Crippen LogP) is 5.36. The van der Waals surface area contributed by atoms with Crippen LogP contribution in [0.4, 0.5) is 0 Å². The van der Waals surface area contributed by atoms with Crippen molar-refractivity contribution in [1.29, 1.82) is 0 Å². The second-order valence-electron chi connectivity index (χ2n) is 6.97. The molecule has 1 unspecified atom stereocenters. The van der Waals surface area contributed by atoms with Gasteiger partial charge >= 0.3 is 5.97 Å². The lowest BCUT2D eigenvalue weighted by Gasteiger charge is -2.20. The van der Waals surface area contributed by atoms with E-state index in [0.29, 0.717) is 12.5 Å². The van der Waals surface area contributed by atoms with Crippen LogP contribution in [0.15, 0.2) is 54.6 Å². The molecular formula is C23H26O3. The summed E-state index contributed by atoms with van der Waals surface area (Å²) in [6.07, 6.45) is 4.08. The highest BCUT2D eigenvalue weighted by Crippen LogP contribution is 2.46. The molecule has 1 aliphatic rings. The maximum atomic E-state index is 11.7. The number of esters is 1. The summed E-state index contributed by atoms with van der Waals surface area (Å²) in [7, 11) is 1.39. The van der Waals surface area contributed by atoms with Crippen LogP contribution in [0.5, 0.6) is 5.75 Å². The van der Waals surface area contributed by atoms with E-state index in [4.69, 9.17) is 9.47 Å². The molecule has 0 saturated heterocycles. The zero-order valence-corrected chi connectivity index (χ0v) is 15.7. The molecule has 1 aliphatic carbocycles. The number of hydrogen-bond acceptors (Lipinski definition) is 3. The summed E-state index contributed by atoms with van der Waals surface area (Å²) in [6, 6.07) is 16.4. The third-order valence-electron chi connectivity index (χ3n) is 5.05. The zero-order chi connectivity index (χ0) is 18.5. The molecule has 0 bridgehead atoms. The first-order valence-corrected chi connectivity index (χ1v) is 9.16. The highest BCUT2D eigenvalue weighted by Gasteiger charge is 2.31. The largest absolute Gasteiger partial charge is 0.488 e. The molecule has 2 aromatic rings. The monoisotopic (exact) mass is 350 g/mol. The Kier molecular flexibility index (Phi) is 5.77. The third kappa shape index (κ3) is 4.34. The fourth-order valence-corrected chi connectivity index (χ4v) is 3.28. The van der Waals surface area contributed by atoms with E-state index in [2.05, 4.69) is 25.1 Å².